The molecule has 37 heavy (non-hydrogen) atoms. The second-order valence-electron chi connectivity index (χ2n) is 9.45. The zero-order valence-electron chi connectivity index (χ0n) is 21.7. The van der Waals surface area contributed by atoms with Crippen LogP contribution in [0.1, 0.15) is 49.3 Å². The number of hydrogen-bond donors (Lipinski definition) is 2. The number of aromatic hydroxyl groups is 1. The molecule has 0 aliphatic carbocycles. The van der Waals surface area contributed by atoms with Gasteiger partial charge in [-0.25, -0.2) is 0 Å². The van der Waals surface area contributed by atoms with Crippen LogP contribution < -0.4 is 10.5 Å². The Hall–Kier alpha value is -3.98. The first kappa shape index (κ1) is 26.1. The SMILES string of the molecule is CCCC/C=C(\Cc1ccc(-c2ccc(OCCCc3ccccc3)c(N)c2)cc1)c1ccccc1O. The molecule has 0 bridgehead atoms. The maximum absolute atomic E-state index is 10.4. The number of benzene rings is 4. The summed E-state index contributed by atoms with van der Waals surface area (Å²) in [7, 11) is 0. The average Bonchev–Trinajstić information content (AvgIpc) is 2.93. The van der Waals surface area contributed by atoms with E-state index in [9.17, 15) is 5.11 Å². The molecule has 0 heterocycles. The Morgan fingerprint density at radius 1 is 0.811 bits per heavy atom. The van der Waals surface area contributed by atoms with Gasteiger partial charge in [-0.05, 0) is 71.7 Å². The van der Waals surface area contributed by atoms with Crippen molar-refractivity contribution in [3.8, 4) is 22.6 Å². The first-order valence-corrected chi connectivity index (χ1v) is 13.3. The Morgan fingerprint density at radius 2 is 1.54 bits per heavy atom. The summed E-state index contributed by atoms with van der Waals surface area (Å²) in [6, 6.07) is 32.7. The molecule has 3 heteroatoms. The van der Waals surface area contributed by atoms with Crippen molar-refractivity contribution < 1.29 is 9.84 Å². The van der Waals surface area contributed by atoms with Gasteiger partial charge in [0, 0.05) is 5.56 Å². The number of hydrogen-bond acceptors (Lipinski definition) is 3. The van der Waals surface area contributed by atoms with E-state index in [-0.39, 0.29) is 0 Å². The summed E-state index contributed by atoms with van der Waals surface area (Å²) in [5, 5.41) is 10.4. The first-order chi connectivity index (χ1) is 18.1. The second kappa shape index (κ2) is 13.4. The van der Waals surface area contributed by atoms with Crippen LogP contribution in [0.4, 0.5) is 5.69 Å². The minimum atomic E-state index is 0.333. The topological polar surface area (TPSA) is 55.5 Å². The van der Waals surface area contributed by atoms with Crippen LogP contribution in [0.5, 0.6) is 11.5 Å². The summed E-state index contributed by atoms with van der Waals surface area (Å²) < 4.78 is 5.95. The summed E-state index contributed by atoms with van der Waals surface area (Å²) in [5.41, 5.74) is 13.8. The van der Waals surface area contributed by atoms with Gasteiger partial charge in [0.15, 0.2) is 0 Å². The molecule has 3 N–H and O–H groups in total. The second-order valence-corrected chi connectivity index (χ2v) is 9.45. The third-order valence-electron chi connectivity index (χ3n) is 6.60. The summed E-state index contributed by atoms with van der Waals surface area (Å²) in [6.07, 6.45) is 8.29. The van der Waals surface area contributed by atoms with E-state index in [0.717, 1.165) is 66.5 Å². The zero-order valence-corrected chi connectivity index (χ0v) is 21.7. The molecule has 4 rings (SSSR count). The third kappa shape index (κ3) is 7.50. The molecule has 0 amide bonds. The highest BCUT2D eigenvalue weighted by atomic mass is 16.5. The number of allylic oxidation sites excluding steroid dienone is 2. The van der Waals surface area contributed by atoms with Crippen LogP contribution in [-0.4, -0.2) is 11.7 Å². The highest BCUT2D eigenvalue weighted by Crippen LogP contribution is 2.31. The minimum Gasteiger partial charge on any atom is -0.507 e. The average molecular weight is 492 g/mol. The van der Waals surface area contributed by atoms with Crippen molar-refractivity contribution >= 4 is 11.3 Å². The number of para-hydroxylation sites is 1. The molecule has 0 unspecified atom stereocenters. The van der Waals surface area contributed by atoms with Crippen LogP contribution in [0.2, 0.25) is 0 Å². The third-order valence-corrected chi connectivity index (χ3v) is 6.60. The van der Waals surface area contributed by atoms with Gasteiger partial charge in [-0.3, -0.25) is 0 Å². The normalized spacial score (nSPS) is 11.4. The Morgan fingerprint density at radius 3 is 2.27 bits per heavy atom. The smallest absolute Gasteiger partial charge is 0.142 e. The Bertz CT molecular complexity index is 1290. The Balaban J connectivity index is 1.39. The number of aryl methyl sites for hydroxylation is 1. The molecule has 4 aromatic carbocycles. The van der Waals surface area contributed by atoms with Gasteiger partial charge in [-0.1, -0.05) is 105 Å². The van der Waals surface area contributed by atoms with Crippen LogP contribution >= 0.6 is 0 Å². The van der Waals surface area contributed by atoms with Crippen molar-refractivity contribution in [2.45, 2.75) is 45.4 Å². The van der Waals surface area contributed by atoms with E-state index in [2.05, 4.69) is 67.6 Å². The summed E-state index contributed by atoms with van der Waals surface area (Å²) in [6.45, 7) is 2.84. The first-order valence-electron chi connectivity index (χ1n) is 13.3. The van der Waals surface area contributed by atoms with E-state index >= 15 is 0 Å². The van der Waals surface area contributed by atoms with Gasteiger partial charge in [0.05, 0.1) is 12.3 Å². The highest BCUT2D eigenvalue weighted by Gasteiger charge is 2.09. The minimum absolute atomic E-state index is 0.333. The predicted molar refractivity (Wildman–Crippen MR) is 156 cm³/mol. The van der Waals surface area contributed by atoms with Crippen molar-refractivity contribution in [2.24, 2.45) is 0 Å². The lowest BCUT2D eigenvalue weighted by molar-refractivity contribution is 0.312. The van der Waals surface area contributed by atoms with Crippen molar-refractivity contribution in [3.05, 3.63) is 120 Å². The maximum atomic E-state index is 10.4. The monoisotopic (exact) mass is 491 g/mol. The maximum Gasteiger partial charge on any atom is 0.142 e. The predicted octanol–water partition coefficient (Wildman–Crippen LogP) is 8.47. The van der Waals surface area contributed by atoms with E-state index in [1.54, 1.807) is 6.07 Å². The van der Waals surface area contributed by atoms with Crippen molar-refractivity contribution in [1.82, 2.24) is 0 Å². The Kier molecular flexibility index (Phi) is 9.42. The van der Waals surface area contributed by atoms with Gasteiger partial charge in [0.1, 0.15) is 11.5 Å². The molecular weight excluding hydrogens is 454 g/mol. The molecule has 0 atom stereocenters. The molecule has 0 aromatic heterocycles. The van der Waals surface area contributed by atoms with Crippen LogP contribution in [0.3, 0.4) is 0 Å². The van der Waals surface area contributed by atoms with E-state index in [1.165, 1.54) is 11.1 Å². The van der Waals surface area contributed by atoms with Crippen molar-refractivity contribution in [2.75, 3.05) is 12.3 Å². The van der Waals surface area contributed by atoms with E-state index in [0.29, 0.717) is 18.0 Å². The van der Waals surface area contributed by atoms with Gasteiger partial charge in [0.2, 0.25) is 0 Å². The van der Waals surface area contributed by atoms with E-state index in [4.69, 9.17) is 10.5 Å². The van der Waals surface area contributed by atoms with Gasteiger partial charge in [-0.2, -0.15) is 0 Å². The number of nitrogen functional groups attached to an aromatic ring is 1. The number of phenols is 1. The van der Waals surface area contributed by atoms with Crippen LogP contribution in [0.25, 0.3) is 16.7 Å². The standard InChI is InChI=1S/C34H37NO2/c1-2-3-5-14-30(31-15-8-9-16-33(31)36)24-27-17-19-28(20-18-27)29-21-22-34(32(35)25-29)37-23-10-13-26-11-6-4-7-12-26/h4,6-9,11-12,14-22,25,36H,2-3,5,10,13,23-24,35H2,1H3/b30-14+. The quantitative estimate of drug-likeness (QED) is 0.154. The van der Waals surface area contributed by atoms with Crippen molar-refractivity contribution in [3.63, 3.8) is 0 Å². The zero-order chi connectivity index (χ0) is 25.9. The molecule has 0 radical (unpaired) electrons. The van der Waals surface area contributed by atoms with Crippen molar-refractivity contribution in [1.29, 1.82) is 0 Å². The molecule has 190 valence electrons. The fourth-order valence-electron chi connectivity index (χ4n) is 4.50. The summed E-state index contributed by atoms with van der Waals surface area (Å²) in [4.78, 5) is 0. The van der Waals surface area contributed by atoms with Gasteiger partial charge < -0.3 is 15.6 Å². The molecular formula is C34H37NO2. The number of unbranched alkanes of at least 4 members (excludes halogenated alkanes) is 2. The number of rotatable bonds is 12. The number of anilines is 1. The molecule has 4 aromatic rings. The summed E-state index contributed by atoms with van der Waals surface area (Å²) in [5.74, 6) is 1.07. The molecule has 0 spiro atoms. The molecule has 0 aliphatic rings. The highest BCUT2D eigenvalue weighted by molar-refractivity contribution is 5.73. The fourth-order valence-corrected chi connectivity index (χ4v) is 4.50. The van der Waals surface area contributed by atoms with Crippen LogP contribution in [0, 0.1) is 0 Å². The molecule has 3 nitrogen and oxygen atoms in total. The fraction of sp³-hybridized carbons (Fsp3) is 0.235. The number of phenolic OH excluding ortho intramolecular Hbond substituents is 1. The van der Waals surface area contributed by atoms with E-state index < -0.39 is 0 Å². The largest absolute Gasteiger partial charge is 0.507 e. The molecule has 0 aliphatic heterocycles. The van der Waals surface area contributed by atoms with Gasteiger partial charge in [0.25, 0.3) is 0 Å². The van der Waals surface area contributed by atoms with Gasteiger partial charge in [-0.15, -0.1) is 0 Å². The van der Waals surface area contributed by atoms with E-state index in [1.807, 2.05) is 36.4 Å². The van der Waals surface area contributed by atoms with Crippen LogP contribution in [-0.2, 0) is 12.8 Å². The summed E-state index contributed by atoms with van der Waals surface area (Å²) >= 11 is 0. The number of nitrogens with two attached hydrogens (primary N) is 1. The molecule has 0 saturated heterocycles. The lowest BCUT2D eigenvalue weighted by atomic mass is 9.94. The lowest BCUT2D eigenvalue weighted by Gasteiger charge is -2.13. The number of ether oxygens (including phenoxy) is 1. The molecule has 0 saturated carbocycles. The lowest BCUT2D eigenvalue weighted by Crippen LogP contribution is -2.02. The molecule has 0 fully saturated rings. The van der Waals surface area contributed by atoms with Crippen LogP contribution in [0.15, 0.2) is 103 Å². The van der Waals surface area contributed by atoms with Gasteiger partial charge >= 0.3 is 0 Å². The Labute approximate surface area is 221 Å².